The van der Waals surface area contributed by atoms with E-state index in [2.05, 4.69) is 36.8 Å². The summed E-state index contributed by atoms with van der Waals surface area (Å²) < 4.78 is 86.9. The van der Waals surface area contributed by atoms with Crippen LogP contribution in [0.4, 0.5) is 19.2 Å². The Hall–Kier alpha value is -6.17. The van der Waals surface area contributed by atoms with Crippen LogP contribution in [0.15, 0.2) is 0 Å². The molecule has 3 atom stereocenters. The van der Waals surface area contributed by atoms with Crippen molar-refractivity contribution in [2.24, 2.45) is 0 Å². The molecule has 1 fully saturated rings. The number of carbonyl (C=O) groups is 9. The fourth-order valence-corrected chi connectivity index (χ4v) is 7.98. The first-order valence-electron chi connectivity index (χ1n) is 33.0. The van der Waals surface area contributed by atoms with Crippen LogP contribution < -0.4 is 37.2 Å². The molecule has 7 amide bonds. The second-order valence-corrected chi connectivity index (χ2v) is 21.2. The van der Waals surface area contributed by atoms with E-state index in [0.29, 0.717) is 99.0 Å². The number of rotatable bonds is 67. The zero-order valence-corrected chi connectivity index (χ0v) is 56.7. The van der Waals surface area contributed by atoms with Crippen LogP contribution in [-0.4, -0.2) is 355 Å². The topological polar surface area (TPSA) is 453 Å². The van der Waals surface area contributed by atoms with E-state index in [4.69, 9.17) is 80.9 Å². The van der Waals surface area contributed by atoms with Crippen molar-refractivity contribution < 1.29 is 134 Å². The van der Waals surface area contributed by atoms with Gasteiger partial charge in [0.25, 0.3) is 0 Å². The number of carboxylic acids is 3. The molecular formula is C60H111N9O28. The van der Waals surface area contributed by atoms with Crippen LogP contribution >= 0.6 is 0 Å². The summed E-state index contributed by atoms with van der Waals surface area (Å²) >= 11 is 0. The molecule has 564 valence electrons. The highest BCUT2D eigenvalue weighted by Crippen LogP contribution is 2.08. The highest BCUT2D eigenvalue weighted by molar-refractivity contribution is 5.87. The van der Waals surface area contributed by atoms with Gasteiger partial charge in [-0.25, -0.2) is 28.8 Å². The number of carboxylic acid groups (broad SMARTS) is 3. The molecule has 0 aliphatic carbocycles. The Labute approximate surface area is 567 Å². The smallest absolute Gasteiger partial charge is 0.407 e. The van der Waals surface area contributed by atoms with E-state index in [0.717, 1.165) is 32.6 Å². The average molecular weight is 1410 g/mol. The fraction of sp³-hybridized carbons (Fsp3) is 0.850. The Morgan fingerprint density at radius 3 is 1.10 bits per heavy atom. The van der Waals surface area contributed by atoms with Gasteiger partial charge in [-0.2, -0.15) is 0 Å². The van der Waals surface area contributed by atoms with E-state index in [1.54, 1.807) is 0 Å². The molecule has 0 aromatic rings. The zero-order chi connectivity index (χ0) is 70.9. The van der Waals surface area contributed by atoms with Crippen LogP contribution in [0.1, 0.15) is 58.3 Å². The van der Waals surface area contributed by atoms with Crippen LogP contribution in [0.5, 0.6) is 0 Å². The van der Waals surface area contributed by atoms with Gasteiger partial charge < -0.3 is 133 Å². The van der Waals surface area contributed by atoms with Gasteiger partial charge in [-0.05, 0) is 52.2 Å². The lowest BCUT2D eigenvalue weighted by molar-refractivity contribution is -0.141. The van der Waals surface area contributed by atoms with Crippen LogP contribution in [0.25, 0.3) is 0 Å². The summed E-state index contributed by atoms with van der Waals surface area (Å²) in [5.41, 5.74) is 0. The first-order chi connectivity index (χ1) is 47.1. The minimum atomic E-state index is -1.56. The first kappa shape index (κ1) is 88.8. The summed E-state index contributed by atoms with van der Waals surface area (Å²) in [5.74, 6) is -4.76. The van der Waals surface area contributed by atoms with Crippen molar-refractivity contribution >= 4 is 54.0 Å². The molecular weight excluding hydrogens is 1290 g/mol. The summed E-state index contributed by atoms with van der Waals surface area (Å²) in [4.78, 5) is 112. The van der Waals surface area contributed by atoms with Gasteiger partial charge in [-0.1, -0.05) is 13.3 Å². The van der Waals surface area contributed by atoms with Crippen molar-refractivity contribution in [1.82, 2.24) is 47.0 Å². The van der Waals surface area contributed by atoms with Gasteiger partial charge >= 0.3 is 42.2 Å². The number of nitrogens with one attached hydrogen (secondary N) is 7. The second-order valence-electron chi connectivity index (χ2n) is 21.2. The molecule has 97 heavy (non-hydrogen) atoms. The number of hydrogen-bond donors (Lipinski definition) is 10. The third-order valence-corrected chi connectivity index (χ3v) is 13.0. The van der Waals surface area contributed by atoms with E-state index in [1.165, 1.54) is 19.3 Å². The van der Waals surface area contributed by atoms with Crippen molar-refractivity contribution in [1.29, 1.82) is 0 Å². The van der Waals surface area contributed by atoms with Gasteiger partial charge in [-0.15, -0.1) is 0 Å². The van der Waals surface area contributed by atoms with E-state index in [1.807, 2.05) is 24.2 Å². The number of alkyl carbamates (subject to hydrolysis) is 3. The van der Waals surface area contributed by atoms with Gasteiger partial charge in [0.05, 0.1) is 172 Å². The van der Waals surface area contributed by atoms with Crippen molar-refractivity contribution in [3.63, 3.8) is 0 Å². The Bertz CT molecular complexity index is 2040. The molecule has 1 aliphatic heterocycles. The molecule has 10 N–H and O–H groups in total. The largest absolute Gasteiger partial charge is 0.481 e. The van der Waals surface area contributed by atoms with Gasteiger partial charge in [0.2, 0.25) is 11.8 Å². The van der Waals surface area contributed by atoms with Gasteiger partial charge in [0.15, 0.2) is 6.10 Å². The Morgan fingerprint density at radius 1 is 0.412 bits per heavy atom. The zero-order valence-electron chi connectivity index (χ0n) is 56.7. The molecule has 1 aliphatic rings. The maximum absolute atomic E-state index is 12.7. The summed E-state index contributed by atoms with van der Waals surface area (Å²) in [7, 11) is 1.96. The van der Waals surface area contributed by atoms with E-state index < -0.39 is 92.4 Å². The second kappa shape index (κ2) is 64.5. The minimum absolute atomic E-state index is 0.0190. The Morgan fingerprint density at radius 2 is 0.742 bits per heavy atom. The lowest BCUT2D eigenvalue weighted by Crippen LogP contribution is -2.51. The third kappa shape index (κ3) is 59.6. The molecule has 1 saturated heterocycles. The Balaban J connectivity index is 2.17. The molecule has 3 unspecified atom stereocenters. The molecule has 0 saturated carbocycles. The van der Waals surface area contributed by atoms with E-state index >= 15 is 0 Å². The fourth-order valence-electron chi connectivity index (χ4n) is 7.98. The molecule has 0 aromatic carbocycles. The van der Waals surface area contributed by atoms with E-state index in [9.17, 15) is 53.4 Å². The molecule has 1 rings (SSSR count). The summed E-state index contributed by atoms with van der Waals surface area (Å²) in [5, 5.41) is 44.4. The highest BCUT2D eigenvalue weighted by Gasteiger charge is 2.26. The molecule has 0 spiro atoms. The normalized spacial score (nSPS) is 13.2. The number of piperidine rings is 1. The number of nitrogens with zero attached hydrogens (tertiary/aromatic N) is 2. The van der Waals surface area contributed by atoms with Crippen molar-refractivity contribution in [2.45, 2.75) is 76.5 Å². The monoisotopic (exact) mass is 1410 g/mol. The molecule has 0 radical (unpaired) electrons. The van der Waals surface area contributed by atoms with Crippen LogP contribution in [0, 0.1) is 0 Å². The minimum Gasteiger partial charge on any atom is -0.481 e. The van der Waals surface area contributed by atoms with Gasteiger partial charge in [0.1, 0.15) is 25.3 Å². The van der Waals surface area contributed by atoms with Crippen LogP contribution in [0.2, 0.25) is 0 Å². The average Bonchev–Trinajstić information content (AvgIpc) is 2.33. The van der Waals surface area contributed by atoms with Crippen molar-refractivity contribution in [2.75, 3.05) is 257 Å². The lowest BCUT2D eigenvalue weighted by Gasteiger charge is -2.28. The number of likely N-dealkylation sites (N-methyl/N-ethyl adjacent to an activating group) is 1. The first-order valence-corrected chi connectivity index (χ1v) is 33.0. The molecule has 0 aromatic heterocycles. The summed E-state index contributed by atoms with van der Waals surface area (Å²) in [6.07, 6.45) is -0.522. The van der Waals surface area contributed by atoms with Crippen LogP contribution in [-0.2, 0) is 99.8 Å². The number of hydrogen-bond acceptors (Lipinski definition) is 27. The third-order valence-electron chi connectivity index (χ3n) is 13.0. The summed E-state index contributed by atoms with van der Waals surface area (Å²) in [6.45, 7) is 14.6. The van der Waals surface area contributed by atoms with Crippen LogP contribution in [0.3, 0.4) is 0 Å². The van der Waals surface area contributed by atoms with Crippen molar-refractivity contribution in [3.8, 4) is 0 Å². The lowest BCUT2D eigenvalue weighted by atomic mass is 10.1. The maximum atomic E-state index is 12.7. The standard InChI is InChI=1S/C60H111N9O28/c1-3-20-82-26-32-88-35-29-85-23-13-63-58(79)95-47-49(48-96-59(80)64-14-24-86-30-36-91-40-44-94-43-39-90-34-28-84-22-12-62-53(71)46-68(2)18-19-69-16-5-4-6-17-69)97-60(81)65-15-25-87-31-37-92-41-45-93-42-38-89-33-27-83-21-11-61-52(70)9-7-50(55(74)75)66-57(78)67-51(56(76)77)8-10-54(72)73/h49-51H,3-48H2,1-2H3,(H,61,70)(H,62,71)(H,63,79)(H,64,80)(H,65,81)(H,72,73)(H,74,75)(H,76,77)(H2,66,67,78). The summed E-state index contributed by atoms with van der Waals surface area (Å²) in [6, 6.07) is -4.22. The molecule has 1 heterocycles. The van der Waals surface area contributed by atoms with Gasteiger partial charge in [0, 0.05) is 65.3 Å². The van der Waals surface area contributed by atoms with Gasteiger partial charge in [-0.3, -0.25) is 19.3 Å². The number of aliphatic carboxylic acids is 3. The SMILES string of the molecule is CCCOCCOCCOCCNC(=O)OCC(COC(=O)NCCOCCOCCOCCOCCOCCNC(=O)CN(C)CCN1CCCCC1)OC(=O)NCCOCCOCCOCCOCCOCCNC(=O)CCC(NC(=O)NC(CCC(=O)O)C(=O)O)C(=O)O. The predicted octanol–water partition coefficient (Wildman–Crippen LogP) is -1.34. The number of urea groups is 1. The van der Waals surface area contributed by atoms with E-state index in [-0.39, 0.29) is 131 Å². The molecule has 0 bridgehead atoms. The quantitative estimate of drug-likeness (QED) is 0.0249. The predicted molar refractivity (Wildman–Crippen MR) is 342 cm³/mol. The highest BCUT2D eigenvalue weighted by atomic mass is 16.6. The maximum Gasteiger partial charge on any atom is 0.407 e. The number of amides is 7. The Kier molecular flexibility index (Phi) is 59.1. The number of carbonyl (C=O) groups excluding carboxylic acids is 6. The van der Waals surface area contributed by atoms with Crippen molar-refractivity contribution in [3.05, 3.63) is 0 Å². The molecule has 37 heteroatoms. The number of ether oxygens (including phenoxy) is 16. The number of likely N-dealkylation sites (tertiary alicyclic amines) is 1. The molecule has 37 nitrogen and oxygen atoms in total.